The Morgan fingerprint density at radius 3 is 2.89 bits per heavy atom. The summed E-state index contributed by atoms with van der Waals surface area (Å²) in [5.41, 5.74) is 0. The second-order valence-corrected chi connectivity index (χ2v) is 3.45. The molecule has 0 fully saturated rings. The standard InChI is InChI=1S/C9H13F3N4O2/c10-9(11,12)5-18-4-2-8(17)13-3-1-7-14-6-15-16-7/h6H,1-5H2,(H,13,17)(H,14,15,16). The molecule has 6 nitrogen and oxygen atoms in total. The Hall–Kier alpha value is -1.64. The van der Waals surface area contributed by atoms with E-state index in [1.54, 1.807) is 0 Å². The van der Waals surface area contributed by atoms with E-state index in [1.165, 1.54) is 6.33 Å². The summed E-state index contributed by atoms with van der Waals surface area (Å²) in [6.07, 6.45) is -2.63. The largest absolute Gasteiger partial charge is 0.411 e. The Balaban J connectivity index is 2.00. The number of aromatic nitrogens is 3. The van der Waals surface area contributed by atoms with Gasteiger partial charge in [-0.25, -0.2) is 4.98 Å². The molecule has 0 bridgehead atoms. The van der Waals surface area contributed by atoms with Gasteiger partial charge in [-0.1, -0.05) is 0 Å². The van der Waals surface area contributed by atoms with Crippen LogP contribution in [0.15, 0.2) is 6.33 Å². The van der Waals surface area contributed by atoms with Crippen molar-refractivity contribution in [2.75, 3.05) is 19.8 Å². The Bertz CT molecular complexity index is 353. The molecule has 0 aromatic carbocycles. The van der Waals surface area contributed by atoms with Gasteiger partial charge in [-0.05, 0) is 0 Å². The summed E-state index contributed by atoms with van der Waals surface area (Å²) in [5.74, 6) is 0.264. The van der Waals surface area contributed by atoms with Gasteiger partial charge in [0.25, 0.3) is 0 Å². The zero-order chi connectivity index (χ0) is 13.4. The molecule has 0 aliphatic rings. The average Bonchev–Trinajstić information content (AvgIpc) is 2.76. The molecule has 1 rings (SSSR count). The normalized spacial score (nSPS) is 11.5. The maximum Gasteiger partial charge on any atom is 0.411 e. The molecular weight excluding hydrogens is 253 g/mol. The highest BCUT2D eigenvalue weighted by Crippen LogP contribution is 2.14. The molecule has 1 aromatic heterocycles. The average molecular weight is 266 g/mol. The summed E-state index contributed by atoms with van der Waals surface area (Å²) in [5, 5.41) is 8.78. The molecule has 0 aliphatic carbocycles. The Labute approximate surface area is 101 Å². The van der Waals surface area contributed by atoms with Crippen molar-refractivity contribution in [3.8, 4) is 0 Å². The molecule has 102 valence electrons. The quantitative estimate of drug-likeness (QED) is 0.701. The molecule has 0 radical (unpaired) electrons. The molecule has 0 atom stereocenters. The maximum absolute atomic E-state index is 11.7. The predicted molar refractivity (Wildman–Crippen MR) is 54.6 cm³/mol. The van der Waals surface area contributed by atoms with Gasteiger partial charge in [-0.2, -0.15) is 18.3 Å². The van der Waals surface area contributed by atoms with Crippen LogP contribution in [0, 0.1) is 0 Å². The van der Waals surface area contributed by atoms with E-state index >= 15 is 0 Å². The van der Waals surface area contributed by atoms with Crippen LogP contribution in [0.25, 0.3) is 0 Å². The van der Waals surface area contributed by atoms with Gasteiger partial charge >= 0.3 is 6.18 Å². The second kappa shape index (κ2) is 6.94. The van der Waals surface area contributed by atoms with Crippen LogP contribution >= 0.6 is 0 Å². The van der Waals surface area contributed by atoms with Gasteiger partial charge in [0, 0.05) is 19.4 Å². The number of ether oxygens (including phenoxy) is 1. The first kappa shape index (κ1) is 14.4. The molecule has 0 saturated heterocycles. The van der Waals surface area contributed by atoms with E-state index in [1.807, 2.05) is 0 Å². The van der Waals surface area contributed by atoms with Gasteiger partial charge in [0.2, 0.25) is 5.91 Å². The van der Waals surface area contributed by atoms with Gasteiger partial charge in [-0.3, -0.25) is 9.89 Å². The molecule has 1 heterocycles. The fourth-order valence-corrected chi connectivity index (χ4v) is 1.11. The topological polar surface area (TPSA) is 79.9 Å². The molecule has 0 saturated carbocycles. The highest BCUT2D eigenvalue weighted by Gasteiger charge is 2.27. The minimum Gasteiger partial charge on any atom is -0.372 e. The summed E-state index contributed by atoms with van der Waals surface area (Å²) < 4.78 is 39.4. The van der Waals surface area contributed by atoms with Crippen molar-refractivity contribution < 1.29 is 22.7 Å². The monoisotopic (exact) mass is 266 g/mol. The summed E-state index contributed by atoms with van der Waals surface area (Å²) >= 11 is 0. The molecular formula is C9H13F3N4O2. The number of nitrogens with zero attached hydrogens (tertiary/aromatic N) is 2. The zero-order valence-electron chi connectivity index (χ0n) is 9.46. The number of halogens is 3. The van der Waals surface area contributed by atoms with Crippen molar-refractivity contribution in [3.05, 3.63) is 12.2 Å². The minimum atomic E-state index is -4.36. The lowest BCUT2D eigenvalue weighted by atomic mass is 10.3. The fourth-order valence-electron chi connectivity index (χ4n) is 1.11. The Morgan fingerprint density at radius 1 is 1.50 bits per heavy atom. The van der Waals surface area contributed by atoms with Crippen LogP contribution in [0.1, 0.15) is 12.2 Å². The van der Waals surface area contributed by atoms with Crippen LogP contribution in [0.4, 0.5) is 13.2 Å². The molecule has 0 unspecified atom stereocenters. The number of hydrogen-bond acceptors (Lipinski definition) is 4. The number of carbonyl (C=O) groups is 1. The van der Waals surface area contributed by atoms with Gasteiger partial charge in [0.1, 0.15) is 18.8 Å². The van der Waals surface area contributed by atoms with E-state index in [2.05, 4.69) is 25.2 Å². The lowest BCUT2D eigenvalue weighted by Gasteiger charge is -2.07. The van der Waals surface area contributed by atoms with Gasteiger partial charge < -0.3 is 10.1 Å². The van der Waals surface area contributed by atoms with Crippen LogP contribution in [0.3, 0.4) is 0 Å². The van der Waals surface area contributed by atoms with Crippen LogP contribution in [-0.2, 0) is 16.0 Å². The molecule has 2 N–H and O–H groups in total. The van der Waals surface area contributed by atoms with Gasteiger partial charge in [-0.15, -0.1) is 0 Å². The number of hydrogen-bond donors (Lipinski definition) is 2. The van der Waals surface area contributed by atoms with E-state index in [0.29, 0.717) is 18.8 Å². The first-order valence-corrected chi connectivity index (χ1v) is 5.23. The number of H-pyrrole nitrogens is 1. The summed E-state index contributed by atoms with van der Waals surface area (Å²) in [6.45, 7) is -1.25. The third-order valence-corrected chi connectivity index (χ3v) is 1.89. The molecule has 1 aromatic rings. The molecule has 18 heavy (non-hydrogen) atoms. The minimum absolute atomic E-state index is 0.105. The van der Waals surface area contributed by atoms with Crippen molar-refractivity contribution >= 4 is 5.91 Å². The third-order valence-electron chi connectivity index (χ3n) is 1.89. The van der Waals surface area contributed by atoms with Crippen molar-refractivity contribution in [3.63, 3.8) is 0 Å². The number of amides is 1. The summed E-state index contributed by atoms with van der Waals surface area (Å²) in [7, 11) is 0. The number of nitrogens with one attached hydrogen (secondary N) is 2. The number of aromatic amines is 1. The van der Waals surface area contributed by atoms with E-state index in [9.17, 15) is 18.0 Å². The van der Waals surface area contributed by atoms with E-state index in [4.69, 9.17) is 0 Å². The SMILES string of the molecule is O=C(CCOCC(F)(F)F)NCCc1ncn[nH]1. The molecule has 0 aliphatic heterocycles. The number of alkyl halides is 3. The van der Waals surface area contributed by atoms with Gasteiger partial charge in [0.05, 0.1) is 6.61 Å². The number of carbonyl (C=O) groups excluding carboxylic acids is 1. The third kappa shape index (κ3) is 6.84. The summed E-state index contributed by atoms with van der Waals surface area (Å²) in [4.78, 5) is 15.0. The summed E-state index contributed by atoms with van der Waals surface area (Å²) in [6, 6.07) is 0. The first-order chi connectivity index (χ1) is 8.47. The van der Waals surface area contributed by atoms with Crippen LogP contribution in [0.5, 0.6) is 0 Å². The van der Waals surface area contributed by atoms with E-state index in [0.717, 1.165) is 0 Å². The van der Waals surface area contributed by atoms with Crippen molar-refractivity contribution in [2.24, 2.45) is 0 Å². The van der Waals surface area contributed by atoms with Crippen LogP contribution in [0.2, 0.25) is 0 Å². The van der Waals surface area contributed by atoms with Crippen molar-refractivity contribution in [1.82, 2.24) is 20.5 Å². The molecule has 1 amide bonds. The Morgan fingerprint density at radius 2 is 2.28 bits per heavy atom. The lowest BCUT2D eigenvalue weighted by molar-refractivity contribution is -0.174. The van der Waals surface area contributed by atoms with Gasteiger partial charge in [0.15, 0.2) is 0 Å². The predicted octanol–water partition coefficient (Wildman–Crippen LogP) is 0.432. The number of rotatable bonds is 7. The maximum atomic E-state index is 11.7. The van der Waals surface area contributed by atoms with E-state index < -0.39 is 12.8 Å². The Kier molecular flexibility index (Phi) is 5.56. The fraction of sp³-hybridized carbons (Fsp3) is 0.667. The molecule has 0 spiro atoms. The second-order valence-electron chi connectivity index (χ2n) is 3.45. The first-order valence-electron chi connectivity index (χ1n) is 5.23. The zero-order valence-corrected chi connectivity index (χ0v) is 9.46. The van der Waals surface area contributed by atoms with Crippen LogP contribution < -0.4 is 5.32 Å². The smallest absolute Gasteiger partial charge is 0.372 e. The van der Waals surface area contributed by atoms with E-state index in [-0.39, 0.29) is 18.9 Å². The highest BCUT2D eigenvalue weighted by atomic mass is 19.4. The molecule has 9 heteroatoms. The lowest BCUT2D eigenvalue weighted by Crippen LogP contribution is -2.27. The van der Waals surface area contributed by atoms with Crippen molar-refractivity contribution in [1.29, 1.82) is 0 Å². The highest BCUT2D eigenvalue weighted by molar-refractivity contribution is 5.75. The van der Waals surface area contributed by atoms with Crippen molar-refractivity contribution in [2.45, 2.75) is 19.0 Å². The van der Waals surface area contributed by atoms with Crippen LogP contribution in [-0.4, -0.2) is 47.0 Å².